The van der Waals surface area contributed by atoms with Crippen molar-refractivity contribution in [3.05, 3.63) is 35.1 Å². The topological polar surface area (TPSA) is 63.3 Å². The van der Waals surface area contributed by atoms with Gasteiger partial charge in [-0.25, -0.2) is 4.39 Å². The lowest BCUT2D eigenvalue weighted by atomic mass is 10.1. The van der Waals surface area contributed by atoms with E-state index in [2.05, 4.69) is 11.8 Å². The molecule has 0 saturated heterocycles. The number of hydrogen-bond acceptors (Lipinski definition) is 2. The lowest BCUT2D eigenvalue weighted by Crippen LogP contribution is -2.22. The van der Waals surface area contributed by atoms with Crippen LogP contribution in [0.4, 0.5) is 17.6 Å². The molecule has 7 heteroatoms. The van der Waals surface area contributed by atoms with Gasteiger partial charge in [0.05, 0.1) is 12.0 Å². The normalized spacial score (nSPS) is 12.4. The van der Waals surface area contributed by atoms with E-state index in [1.165, 1.54) is 0 Å². The summed E-state index contributed by atoms with van der Waals surface area (Å²) in [4.78, 5) is 10.3. The number of halogens is 4. The van der Waals surface area contributed by atoms with Crippen molar-refractivity contribution < 1.29 is 27.5 Å². The molecule has 0 aliphatic rings. The molecule has 3 N–H and O–H groups in total. The zero-order valence-corrected chi connectivity index (χ0v) is 10.2. The Morgan fingerprint density at radius 2 is 2.05 bits per heavy atom. The fourth-order valence-electron chi connectivity index (χ4n) is 1.40. The van der Waals surface area contributed by atoms with Crippen molar-refractivity contribution in [3.63, 3.8) is 0 Å². The van der Waals surface area contributed by atoms with E-state index in [0.29, 0.717) is 12.1 Å². The number of rotatable bonds is 3. The zero-order valence-electron chi connectivity index (χ0n) is 10.2. The largest absolute Gasteiger partial charge is 0.481 e. The average molecular weight is 289 g/mol. The summed E-state index contributed by atoms with van der Waals surface area (Å²) in [7, 11) is 0. The molecule has 0 unspecified atom stereocenters. The van der Waals surface area contributed by atoms with E-state index < -0.39 is 29.6 Å². The van der Waals surface area contributed by atoms with Crippen molar-refractivity contribution in [1.29, 1.82) is 0 Å². The summed E-state index contributed by atoms with van der Waals surface area (Å²) in [5, 5.41) is 8.46. The molecular formula is C13H11F4NO2. The van der Waals surface area contributed by atoms with Gasteiger partial charge in [-0.15, -0.1) is 0 Å². The van der Waals surface area contributed by atoms with Crippen LogP contribution in [0.25, 0.3) is 0 Å². The monoisotopic (exact) mass is 289 g/mol. The van der Waals surface area contributed by atoms with Crippen molar-refractivity contribution in [2.24, 2.45) is 5.73 Å². The number of carboxylic acid groups (broad SMARTS) is 1. The fourth-order valence-corrected chi connectivity index (χ4v) is 1.40. The van der Waals surface area contributed by atoms with E-state index >= 15 is 0 Å². The molecule has 0 amide bonds. The van der Waals surface area contributed by atoms with E-state index in [1.54, 1.807) is 0 Å². The minimum atomic E-state index is -4.79. The van der Waals surface area contributed by atoms with Gasteiger partial charge in [-0.05, 0) is 18.2 Å². The Morgan fingerprint density at radius 3 is 2.60 bits per heavy atom. The molecule has 0 aromatic heterocycles. The van der Waals surface area contributed by atoms with Crippen molar-refractivity contribution in [1.82, 2.24) is 0 Å². The van der Waals surface area contributed by atoms with E-state index in [1.807, 2.05) is 0 Å². The van der Waals surface area contributed by atoms with Gasteiger partial charge in [-0.3, -0.25) is 4.79 Å². The number of nitrogens with two attached hydrogens (primary N) is 1. The summed E-state index contributed by atoms with van der Waals surface area (Å²) in [6.07, 6.45) is -5.06. The number of benzene rings is 1. The summed E-state index contributed by atoms with van der Waals surface area (Å²) in [6.45, 7) is 0. The SMILES string of the molecule is N[C@H](CC#Cc1ccc(F)c(C(F)(F)F)c1)CC(=O)O. The predicted octanol–water partition coefficient (Wildman–Crippen LogP) is 2.39. The molecule has 0 spiro atoms. The van der Waals surface area contributed by atoms with Gasteiger partial charge < -0.3 is 10.8 Å². The Hall–Kier alpha value is -2.07. The Bertz CT molecular complexity index is 558. The van der Waals surface area contributed by atoms with Crippen molar-refractivity contribution >= 4 is 5.97 Å². The fraction of sp³-hybridized carbons (Fsp3) is 0.308. The highest BCUT2D eigenvalue weighted by molar-refractivity contribution is 5.67. The van der Waals surface area contributed by atoms with Crippen LogP contribution >= 0.6 is 0 Å². The Morgan fingerprint density at radius 1 is 1.40 bits per heavy atom. The maximum Gasteiger partial charge on any atom is 0.419 e. The van der Waals surface area contributed by atoms with Crippen LogP contribution in [0, 0.1) is 17.7 Å². The summed E-state index contributed by atoms with van der Waals surface area (Å²) in [5.74, 6) is 2.42. The summed E-state index contributed by atoms with van der Waals surface area (Å²) in [6, 6.07) is 1.69. The Labute approximate surface area is 112 Å². The third kappa shape index (κ3) is 4.90. The first kappa shape index (κ1) is 16.0. The molecule has 1 aromatic carbocycles. The van der Waals surface area contributed by atoms with Crippen LogP contribution in [0.2, 0.25) is 0 Å². The zero-order chi connectivity index (χ0) is 15.3. The molecule has 3 nitrogen and oxygen atoms in total. The van der Waals surface area contributed by atoms with Gasteiger partial charge >= 0.3 is 12.1 Å². The van der Waals surface area contributed by atoms with Crippen molar-refractivity contribution in [3.8, 4) is 11.8 Å². The average Bonchev–Trinajstić information content (AvgIpc) is 2.28. The van der Waals surface area contributed by atoms with Crippen LogP contribution < -0.4 is 5.73 Å². The maximum atomic E-state index is 13.0. The lowest BCUT2D eigenvalue weighted by Gasteiger charge is -2.07. The molecule has 0 saturated carbocycles. The smallest absolute Gasteiger partial charge is 0.419 e. The molecule has 1 atom stereocenters. The van der Waals surface area contributed by atoms with Gasteiger partial charge in [0.2, 0.25) is 0 Å². The Kier molecular flexibility index (Phi) is 5.11. The molecule has 0 fully saturated rings. The second-order valence-electron chi connectivity index (χ2n) is 4.06. The van der Waals surface area contributed by atoms with Crippen LogP contribution in [0.15, 0.2) is 18.2 Å². The van der Waals surface area contributed by atoms with E-state index in [-0.39, 0.29) is 18.4 Å². The standard InChI is InChI=1S/C13H11F4NO2/c14-11-5-4-8(6-10(11)13(15,16)17)2-1-3-9(18)7-12(19)20/h4-6,9H,3,7,18H2,(H,19,20)/t9-/m1/s1. The summed E-state index contributed by atoms with van der Waals surface area (Å²) in [5.41, 5.74) is 4.04. The van der Waals surface area contributed by atoms with Gasteiger partial charge in [-0.1, -0.05) is 11.8 Å². The van der Waals surface area contributed by atoms with E-state index in [4.69, 9.17) is 10.8 Å². The Balaban J connectivity index is 2.82. The molecule has 0 aliphatic carbocycles. The number of carboxylic acids is 1. The summed E-state index contributed by atoms with van der Waals surface area (Å²) < 4.78 is 50.4. The minimum absolute atomic E-state index is 0.0127. The highest BCUT2D eigenvalue weighted by Crippen LogP contribution is 2.31. The molecule has 0 aliphatic heterocycles. The molecule has 1 aromatic rings. The first-order valence-electron chi connectivity index (χ1n) is 5.53. The van der Waals surface area contributed by atoms with Crippen LogP contribution in [0.5, 0.6) is 0 Å². The lowest BCUT2D eigenvalue weighted by molar-refractivity contribution is -0.140. The van der Waals surface area contributed by atoms with Crippen molar-refractivity contribution in [2.45, 2.75) is 25.1 Å². The van der Waals surface area contributed by atoms with Gasteiger partial charge in [0.25, 0.3) is 0 Å². The molecule has 0 bridgehead atoms. The molecular weight excluding hydrogens is 278 g/mol. The first-order valence-corrected chi connectivity index (χ1v) is 5.53. The minimum Gasteiger partial charge on any atom is -0.481 e. The van der Waals surface area contributed by atoms with Gasteiger partial charge in [0.1, 0.15) is 5.82 Å². The number of hydrogen-bond donors (Lipinski definition) is 2. The van der Waals surface area contributed by atoms with Crippen LogP contribution in [-0.4, -0.2) is 17.1 Å². The molecule has 20 heavy (non-hydrogen) atoms. The van der Waals surface area contributed by atoms with E-state index in [9.17, 15) is 22.4 Å². The molecule has 108 valence electrons. The number of alkyl halides is 3. The van der Waals surface area contributed by atoms with Crippen LogP contribution in [0.3, 0.4) is 0 Å². The first-order chi connectivity index (χ1) is 9.20. The number of aliphatic carboxylic acids is 1. The highest BCUT2D eigenvalue weighted by Gasteiger charge is 2.34. The molecule has 0 heterocycles. The molecule has 1 rings (SSSR count). The van der Waals surface area contributed by atoms with Crippen LogP contribution in [0.1, 0.15) is 24.0 Å². The maximum absolute atomic E-state index is 13.0. The second kappa shape index (κ2) is 6.39. The molecule has 0 radical (unpaired) electrons. The second-order valence-corrected chi connectivity index (χ2v) is 4.06. The third-order valence-electron chi connectivity index (χ3n) is 2.31. The van der Waals surface area contributed by atoms with Gasteiger partial charge in [-0.2, -0.15) is 13.2 Å². The van der Waals surface area contributed by atoms with Crippen LogP contribution in [-0.2, 0) is 11.0 Å². The van der Waals surface area contributed by atoms with Crippen molar-refractivity contribution in [2.75, 3.05) is 0 Å². The quantitative estimate of drug-likeness (QED) is 0.663. The predicted molar refractivity (Wildman–Crippen MR) is 63.1 cm³/mol. The van der Waals surface area contributed by atoms with Gasteiger partial charge in [0.15, 0.2) is 0 Å². The highest BCUT2D eigenvalue weighted by atomic mass is 19.4. The summed E-state index contributed by atoms with van der Waals surface area (Å²) >= 11 is 0. The van der Waals surface area contributed by atoms with Gasteiger partial charge in [0, 0.05) is 18.0 Å². The van der Waals surface area contributed by atoms with E-state index in [0.717, 1.165) is 6.07 Å². The number of carbonyl (C=O) groups is 1. The third-order valence-corrected chi connectivity index (χ3v) is 2.31.